The van der Waals surface area contributed by atoms with Gasteiger partial charge in [0.1, 0.15) is 11.4 Å². The molecule has 0 amide bonds. The first-order valence-electron chi connectivity index (χ1n) is 5.79. The van der Waals surface area contributed by atoms with E-state index in [1.165, 1.54) is 7.11 Å². The van der Waals surface area contributed by atoms with E-state index in [-0.39, 0.29) is 11.9 Å². The number of ether oxygens (including phenoxy) is 1. The molecule has 0 aliphatic carbocycles. The zero-order valence-electron chi connectivity index (χ0n) is 10.2. The molecule has 1 saturated heterocycles. The number of carbonyl (C=O) groups excluding carboxylic acids is 1. The highest BCUT2D eigenvalue weighted by Gasteiger charge is 2.27. The predicted octanol–water partition coefficient (Wildman–Crippen LogP) is 0.763. The van der Waals surface area contributed by atoms with Gasteiger partial charge in [0.25, 0.3) is 0 Å². The SMILES string of the molecule is COC(=O)[C@H]1CCCN(Cc2nonc2C)C1. The number of carbonyl (C=O) groups is 1. The summed E-state index contributed by atoms with van der Waals surface area (Å²) in [4.78, 5) is 13.7. The van der Waals surface area contributed by atoms with E-state index in [1.54, 1.807) is 0 Å². The van der Waals surface area contributed by atoms with Gasteiger partial charge in [-0.1, -0.05) is 10.3 Å². The summed E-state index contributed by atoms with van der Waals surface area (Å²) in [7, 11) is 1.44. The van der Waals surface area contributed by atoms with Crippen LogP contribution in [0.1, 0.15) is 24.2 Å². The number of likely N-dealkylation sites (tertiary alicyclic amines) is 1. The Hall–Kier alpha value is -1.43. The smallest absolute Gasteiger partial charge is 0.309 e. The molecule has 1 fully saturated rings. The largest absolute Gasteiger partial charge is 0.469 e. The topological polar surface area (TPSA) is 68.5 Å². The number of rotatable bonds is 3. The van der Waals surface area contributed by atoms with E-state index < -0.39 is 0 Å². The molecule has 1 atom stereocenters. The lowest BCUT2D eigenvalue weighted by Crippen LogP contribution is -2.38. The van der Waals surface area contributed by atoms with Crippen molar-refractivity contribution in [3.05, 3.63) is 11.4 Å². The molecule has 1 aliphatic rings. The number of piperidine rings is 1. The van der Waals surface area contributed by atoms with E-state index in [1.807, 2.05) is 6.92 Å². The highest BCUT2D eigenvalue weighted by molar-refractivity contribution is 5.72. The molecule has 2 heterocycles. The first kappa shape index (κ1) is 12.0. The molecule has 0 N–H and O–H groups in total. The van der Waals surface area contributed by atoms with Gasteiger partial charge < -0.3 is 4.74 Å². The zero-order valence-corrected chi connectivity index (χ0v) is 10.2. The van der Waals surface area contributed by atoms with E-state index in [0.29, 0.717) is 6.54 Å². The zero-order chi connectivity index (χ0) is 12.3. The van der Waals surface area contributed by atoms with Crippen molar-refractivity contribution in [1.29, 1.82) is 0 Å². The summed E-state index contributed by atoms with van der Waals surface area (Å²) in [5, 5.41) is 7.60. The molecule has 0 bridgehead atoms. The van der Waals surface area contributed by atoms with Crippen molar-refractivity contribution >= 4 is 5.97 Å². The van der Waals surface area contributed by atoms with Crippen LogP contribution in [0.25, 0.3) is 0 Å². The third-order valence-corrected chi connectivity index (χ3v) is 3.16. The number of hydrogen-bond acceptors (Lipinski definition) is 6. The fourth-order valence-corrected chi connectivity index (χ4v) is 2.16. The van der Waals surface area contributed by atoms with Gasteiger partial charge in [-0.3, -0.25) is 9.69 Å². The predicted molar refractivity (Wildman–Crippen MR) is 59.1 cm³/mol. The number of aryl methyl sites for hydroxylation is 1. The van der Waals surface area contributed by atoms with Gasteiger partial charge in [0.2, 0.25) is 0 Å². The molecule has 0 unspecified atom stereocenters. The molecule has 6 nitrogen and oxygen atoms in total. The Labute approximate surface area is 99.9 Å². The lowest BCUT2D eigenvalue weighted by molar-refractivity contribution is -0.147. The van der Waals surface area contributed by atoms with E-state index >= 15 is 0 Å². The van der Waals surface area contributed by atoms with Crippen molar-refractivity contribution in [3.8, 4) is 0 Å². The normalized spacial score (nSPS) is 21.4. The second-order valence-corrected chi connectivity index (χ2v) is 4.39. The minimum absolute atomic E-state index is 0.0195. The molecule has 1 aromatic rings. The van der Waals surface area contributed by atoms with Gasteiger partial charge in [-0.2, -0.15) is 0 Å². The fraction of sp³-hybridized carbons (Fsp3) is 0.727. The summed E-state index contributed by atoms with van der Waals surface area (Å²) in [5.41, 5.74) is 1.65. The first-order chi connectivity index (χ1) is 8.20. The maximum absolute atomic E-state index is 11.5. The van der Waals surface area contributed by atoms with E-state index in [9.17, 15) is 4.79 Å². The standard InChI is InChI=1S/C11H17N3O3/c1-8-10(13-17-12-8)7-14-5-3-4-9(6-14)11(15)16-2/h9H,3-7H2,1-2H3/t9-/m0/s1. The second kappa shape index (κ2) is 5.27. The summed E-state index contributed by atoms with van der Waals surface area (Å²) in [6.45, 7) is 4.25. The molecule has 2 rings (SSSR count). The molecule has 0 radical (unpaired) electrons. The summed E-state index contributed by atoms with van der Waals surface area (Å²) in [6, 6.07) is 0. The molecule has 1 aliphatic heterocycles. The van der Waals surface area contributed by atoms with Crippen LogP contribution in [0.5, 0.6) is 0 Å². The molecule has 0 spiro atoms. The highest BCUT2D eigenvalue weighted by atomic mass is 16.6. The Bertz CT molecular complexity index is 391. The maximum Gasteiger partial charge on any atom is 0.309 e. The van der Waals surface area contributed by atoms with Crippen molar-refractivity contribution in [2.75, 3.05) is 20.2 Å². The number of nitrogens with zero attached hydrogens (tertiary/aromatic N) is 3. The summed E-state index contributed by atoms with van der Waals surface area (Å²) in [5.74, 6) is -0.140. The van der Waals surface area contributed by atoms with E-state index in [0.717, 1.165) is 37.3 Å². The van der Waals surface area contributed by atoms with Crippen LogP contribution in [0.3, 0.4) is 0 Å². The van der Waals surface area contributed by atoms with Crippen LogP contribution in [0.2, 0.25) is 0 Å². The van der Waals surface area contributed by atoms with E-state index in [4.69, 9.17) is 4.74 Å². The van der Waals surface area contributed by atoms with Crippen LogP contribution >= 0.6 is 0 Å². The van der Waals surface area contributed by atoms with Crippen molar-refractivity contribution in [2.24, 2.45) is 5.92 Å². The van der Waals surface area contributed by atoms with Crippen LogP contribution in [0, 0.1) is 12.8 Å². The van der Waals surface area contributed by atoms with Gasteiger partial charge >= 0.3 is 5.97 Å². The highest BCUT2D eigenvalue weighted by Crippen LogP contribution is 2.19. The van der Waals surface area contributed by atoms with Crippen LogP contribution in [0.4, 0.5) is 0 Å². The van der Waals surface area contributed by atoms with Crippen LogP contribution < -0.4 is 0 Å². The summed E-state index contributed by atoms with van der Waals surface area (Å²) >= 11 is 0. The number of methoxy groups -OCH3 is 1. The molecular formula is C11H17N3O3. The molecule has 17 heavy (non-hydrogen) atoms. The van der Waals surface area contributed by atoms with Gasteiger partial charge in [-0.15, -0.1) is 0 Å². The van der Waals surface area contributed by atoms with Crippen LogP contribution in [-0.4, -0.2) is 41.4 Å². The molecule has 0 saturated carbocycles. The summed E-state index contributed by atoms with van der Waals surface area (Å²) in [6.07, 6.45) is 1.91. The van der Waals surface area contributed by atoms with Crippen molar-refractivity contribution in [3.63, 3.8) is 0 Å². The Kier molecular flexibility index (Phi) is 3.73. The molecular weight excluding hydrogens is 222 g/mol. The van der Waals surface area contributed by atoms with E-state index in [2.05, 4.69) is 19.8 Å². The summed E-state index contributed by atoms with van der Waals surface area (Å²) < 4.78 is 9.45. The lowest BCUT2D eigenvalue weighted by Gasteiger charge is -2.30. The van der Waals surface area contributed by atoms with Crippen LogP contribution in [0.15, 0.2) is 4.63 Å². The monoisotopic (exact) mass is 239 g/mol. The Morgan fingerprint density at radius 1 is 1.59 bits per heavy atom. The first-order valence-corrected chi connectivity index (χ1v) is 5.79. The maximum atomic E-state index is 11.5. The van der Waals surface area contributed by atoms with Crippen molar-refractivity contribution in [1.82, 2.24) is 15.2 Å². The third-order valence-electron chi connectivity index (χ3n) is 3.16. The van der Waals surface area contributed by atoms with Gasteiger partial charge in [0.15, 0.2) is 0 Å². The second-order valence-electron chi connectivity index (χ2n) is 4.39. The molecule has 0 aromatic carbocycles. The van der Waals surface area contributed by atoms with Gasteiger partial charge in [-0.05, 0) is 26.3 Å². The quantitative estimate of drug-likeness (QED) is 0.725. The Balaban J connectivity index is 1.94. The average molecular weight is 239 g/mol. The van der Waals surface area contributed by atoms with Crippen molar-refractivity contribution < 1.29 is 14.2 Å². The lowest BCUT2D eigenvalue weighted by atomic mass is 9.98. The average Bonchev–Trinajstić information content (AvgIpc) is 2.74. The van der Waals surface area contributed by atoms with Gasteiger partial charge in [0.05, 0.1) is 13.0 Å². The van der Waals surface area contributed by atoms with Gasteiger partial charge in [0, 0.05) is 13.1 Å². The minimum Gasteiger partial charge on any atom is -0.469 e. The number of aromatic nitrogens is 2. The van der Waals surface area contributed by atoms with Crippen LogP contribution in [-0.2, 0) is 16.1 Å². The minimum atomic E-state index is -0.121. The molecule has 6 heteroatoms. The Morgan fingerprint density at radius 2 is 2.41 bits per heavy atom. The molecule has 94 valence electrons. The Morgan fingerprint density at radius 3 is 3.06 bits per heavy atom. The number of esters is 1. The fourth-order valence-electron chi connectivity index (χ4n) is 2.16. The van der Waals surface area contributed by atoms with Crippen molar-refractivity contribution in [2.45, 2.75) is 26.3 Å². The third kappa shape index (κ3) is 2.82. The number of hydrogen-bond donors (Lipinski definition) is 0. The van der Waals surface area contributed by atoms with Gasteiger partial charge in [-0.25, -0.2) is 4.63 Å². The molecule has 1 aromatic heterocycles.